The van der Waals surface area contributed by atoms with E-state index in [2.05, 4.69) is 0 Å². The van der Waals surface area contributed by atoms with Crippen LogP contribution in [0.2, 0.25) is 0 Å². The number of rotatable bonds is 2. The molecule has 0 aliphatic heterocycles. The van der Waals surface area contributed by atoms with Crippen LogP contribution in [0.25, 0.3) is 0 Å². The van der Waals surface area contributed by atoms with E-state index < -0.39 is 15.0 Å². The fourth-order valence-electron chi connectivity index (χ4n) is 0.165. The summed E-state index contributed by atoms with van der Waals surface area (Å²) in [6, 6.07) is 0. The van der Waals surface area contributed by atoms with Crippen LogP contribution in [0.15, 0.2) is 20.8 Å². The van der Waals surface area contributed by atoms with E-state index in [1.54, 1.807) is 9.73 Å². The van der Waals surface area contributed by atoms with E-state index in [-0.39, 0.29) is 0 Å². The first kappa shape index (κ1) is 8.58. The minimum atomic E-state index is -1.89. The molecule has 0 rings (SSSR count). The van der Waals surface area contributed by atoms with Gasteiger partial charge in [-0.2, -0.15) is 0 Å². The van der Waals surface area contributed by atoms with Crippen molar-refractivity contribution in [2.75, 3.05) is 0 Å². The SMILES string of the molecule is O[As](C=CCl)C=CCl. The Hall–Kier alpha value is 0.578. The Morgan fingerprint density at radius 2 is 1.50 bits per heavy atom. The van der Waals surface area contributed by atoms with Crippen LogP contribution in [-0.4, -0.2) is 19.1 Å². The molecule has 0 aliphatic carbocycles. The second-order valence-corrected chi connectivity index (χ2v) is 4.28. The van der Waals surface area contributed by atoms with Gasteiger partial charge in [0.05, 0.1) is 0 Å². The quantitative estimate of drug-likeness (QED) is 0.692. The summed E-state index contributed by atoms with van der Waals surface area (Å²) in [4.78, 5) is 3.10. The van der Waals surface area contributed by atoms with Crippen LogP contribution < -0.4 is 0 Å². The van der Waals surface area contributed by atoms with Crippen LogP contribution in [0.1, 0.15) is 0 Å². The van der Waals surface area contributed by atoms with E-state index in [0.717, 1.165) is 0 Å². The van der Waals surface area contributed by atoms with Crippen LogP contribution in [0.5, 0.6) is 0 Å². The zero-order valence-corrected chi connectivity index (χ0v) is 7.35. The van der Waals surface area contributed by atoms with Crippen LogP contribution >= 0.6 is 23.2 Å². The molecule has 1 N–H and O–H groups in total. The van der Waals surface area contributed by atoms with Crippen LogP contribution in [-0.2, 0) is 0 Å². The van der Waals surface area contributed by atoms with Gasteiger partial charge in [0.2, 0.25) is 0 Å². The van der Waals surface area contributed by atoms with E-state index in [0.29, 0.717) is 0 Å². The van der Waals surface area contributed by atoms with E-state index in [4.69, 9.17) is 27.3 Å². The second-order valence-electron chi connectivity index (χ2n) is 0.930. The van der Waals surface area contributed by atoms with E-state index in [1.165, 1.54) is 11.1 Å². The maximum atomic E-state index is 8.85. The van der Waals surface area contributed by atoms with Crippen molar-refractivity contribution in [3.8, 4) is 0 Å². The van der Waals surface area contributed by atoms with E-state index in [1.807, 2.05) is 0 Å². The average molecular weight is 215 g/mol. The Bertz CT molecular complexity index is 90.2. The molecule has 0 aliphatic rings. The summed E-state index contributed by atoms with van der Waals surface area (Å²) in [7, 11) is 0. The molecule has 0 aromatic rings. The molecule has 0 heterocycles. The summed E-state index contributed by atoms with van der Waals surface area (Å²) < 4.78 is 8.85. The summed E-state index contributed by atoms with van der Waals surface area (Å²) in [6.45, 7) is 0. The molecule has 4 heteroatoms. The summed E-state index contributed by atoms with van der Waals surface area (Å²) in [5.41, 5.74) is 2.60. The molecule has 0 radical (unpaired) electrons. The predicted octanol–water partition coefficient (Wildman–Crippen LogP) is 1.55. The summed E-state index contributed by atoms with van der Waals surface area (Å²) in [6.07, 6.45) is 0. The van der Waals surface area contributed by atoms with Gasteiger partial charge in [-0.3, -0.25) is 0 Å². The topological polar surface area (TPSA) is 20.2 Å². The van der Waals surface area contributed by atoms with Crippen molar-refractivity contribution >= 4 is 38.2 Å². The molecule has 1 nitrogen and oxygen atoms in total. The molecule has 0 amide bonds. The molecule has 0 aromatic heterocycles. The summed E-state index contributed by atoms with van der Waals surface area (Å²) >= 11 is 8.42. The van der Waals surface area contributed by atoms with Gasteiger partial charge in [-0.05, 0) is 0 Å². The Morgan fingerprint density at radius 3 is 1.75 bits per heavy atom. The normalized spacial score (nSPS) is 15.9. The van der Waals surface area contributed by atoms with Gasteiger partial charge in [-0.25, -0.2) is 0 Å². The minimum absolute atomic E-state index is 1.30. The van der Waals surface area contributed by atoms with E-state index in [9.17, 15) is 0 Å². The van der Waals surface area contributed by atoms with Crippen molar-refractivity contribution in [2.45, 2.75) is 0 Å². The Balaban J connectivity index is 3.47. The van der Waals surface area contributed by atoms with Crippen molar-refractivity contribution in [2.24, 2.45) is 0 Å². The number of hydrogen-bond donors (Lipinski definition) is 1. The monoisotopic (exact) mass is 214 g/mol. The third-order valence-electron chi connectivity index (χ3n) is 0.418. The molecule has 0 saturated heterocycles. The average Bonchev–Trinajstić information content (AvgIpc) is 1.68. The summed E-state index contributed by atoms with van der Waals surface area (Å²) in [5.74, 6) is 0. The summed E-state index contributed by atoms with van der Waals surface area (Å²) in [5, 5.41) is 0. The van der Waals surface area contributed by atoms with Crippen LogP contribution in [0.4, 0.5) is 0 Å². The molecular weight excluding hydrogens is 210 g/mol. The number of hydrogen-bond acceptors (Lipinski definition) is 1. The van der Waals surface area contributed by atoms with Gasteiger partial charge in [0.15, 0.2) is 0 Å². The molecule has 46 valence electrons. The Kier molecular flexibility index (Phi) is 6.12. The van der Waals surface area contributed by atoms with Gasteiger partial charge in [0, 0.05) is 0 Å². The molecule has 0 bridgehead atoms. The zero-order valence-electron chi connectivity index (χ0n) is 3.96. The zero-order chi connectivity index (χ0) is 6.41. The van der Waals surface area contributed by atoms with Gasteiger partial charge < -0.3 is 0 Å². The van der Waals surface area contributed by atoms with Crippen molar-refractivity contribution < 1.29 is 4.10 Å². The van der Waals surface area contributed by atoms with Crippen molar-refractivity contribution in [3.63, 3.8) is 0 Å². The molecule has 0 spiro atoms. The van der Waals surface area contributed by atoms with Crippen LogP contribution in [0.3, 0.4) is 0 Å². The van der Waals surface area contributed by atoms with Gasteiger partial charge in [-0.15, -0.1) is 0 Å². The van der Waals surface area contributed by atoms with Crippen LogP contribution in [0, 0.1) is 0 Å². The predicted molar refractivity (Wildman–Crippen MR) is 38.0 cm³/mol. The molecular formula is C4H5AsCl2O. The number of halogens is 2. The van der Waals surface area contributed by atoms with Gasteiger partial charge in [0.25, 0.3) is 0 Å². The standard InChI is InChI=1S/C4H5AsCl2O/c6-3-1-5(8)2-4-7/h1-4,8H. The second kappa shape index (κ2) is 5.71. The van der Waals surface area contributed by atoms with Gasteiger partial charge >= 0.3 is 63.1 Å². The van der Waals surface area contributed by atoms with Crippen molar-refractivity contribution in [1.82, 2.24) is 0 Å². The van der Waals surface area contributed by atoms with Gasteiger partial charge in [0.1, 0.15) is 0 Å². The maximum absolute atomic E-state index is 8.85. The molecule has 0 saturated carbocycles. The molecule has 0 unspecified atom stereocenters. The van der Waals surface area contributed by atoms with Crippen molar-refractivity contribution in [3.05, 3.63) is 20.8 Å². The third-order valence-corrected chi connectivity index (χ3v) is 3.34. The van der Waals surface area contributed by atoms with Gasteiger partial charge in [-0.1, -0.05) is 0 Å². The molecule has 0 aromatic carbocycles. The molecule has 8 heavy (non-hydrogen) atoms. The van der Waals surface area contributed by atoms with Crippen molar-refractivity contribution in [1.29, 1.82) is 0 Å². The molecule has 0 fully saturated rings. The first-order valence-corrected chi connectivity index (χ1v) is 5.70. The third kappa shape index (κ3) is 4.73. The Morgan fingerprint density at radius 1 is 1.12 bits per heavy atom. The Labute approximate surface area is 63.2 Å². The first-order valence-electron chi connectivity index (χ1n) is 1.82. The fourth-order valence-corrected chi connectivity index (χ4v) is 2.06. The fraction of sp³-hybridized carbons (Fsp3) is 0. The first-order chi connectivity index (χ1) is 3.81. The van der Waals surface area contributed by atoms with E-state index >= 15 is 0 Å². The molecule has 0 atom stereocenters.